The van der Waals surface area contributed by atoms with Crippen molar-refractivity contribution in [1.82, 2.24) is 0 Å². The lowest BCUT2D eigenvalue weighted by molar-refractivity contribution is -0.132. The number of nitriles is 1. The molecule has 1 N–H and O–H groups in total. The van der Waals surface area contributed by atoms with E-state index in [1.54, 1.807) is 6.07 Å². The molecular formula is C34H24N2O2. The molecule has 0 aliphatic rings. The first-order chi connectivity index (χ1) is 18.6. The van der Waals surface area contributed by atoms with Crippen LogP contribution in [-0.2, 0) is 4.79 Å². The minimum Gasteiger partial charge on any atom is -0.477 e. The second kappa shape index (κ2) is 11.1. The molecule has 0 aliphatic heterocycles. The van der Waals surface area contributed by atoms with Gasteiger partial charge in [0.25, 0.3) is 0 Å². The molecule has 0 spiro atoms. The second-order valence-corrected chi connectivity index (χ2v) is 8.73. The first-order valence-electron chi connectivity index (χ1n) is 12.2. The number of benzene rings is 5. The van der Waals surface area contributed by atoms with Gasteiger partial charge in [-0.2, -0.15) is 5.26 Å². The average molecular weight is 493 g/mol. The summed E-state index contributed by atoms with van der Waals surface area (Å²) in [6.07, 6.45) is 1.37. The van der Waals surface area contributed by atoms with Gasteiger partial charge in [0.2, 0.25) is 0 Å². The summed E-state index contributed by atoms with van der Waals surface area (Å²) < 4.78 is 0. The van der Waals surface area contributed by atoms with Crippen LogP contribution >= 0.6 is 0 Å². The third-order valence-corrected chi connectivity index (χ3v) is 6.28. The molecule has 5 aromatic carbocycles. The number of carbonyl (C=O) groups is 1. The molecule has 0 aromatic heterocycles. The Morgan fingerprint density at radius 1 is 0.579 bits per heavy atom. The quantitative estimate of drug-likeness (QED) is 0.183. The zero-order valence-electron chi connectivity index (χ0n) is 20.5. The molecule has 0 aliphatic carbocycles. The Bertz CT molecular complexity index is 1560. The van der Waals surface area contributed by atoms with Gasteiger partial charge in [-0.15, -0.1) is 0 Å². The lowest BCUT2D eigenvalue weighted by Crippen LogP contribution is -2.09. The Labute approximate surface area is 222 Å². The molecule has 5 rings (SSSR count). The molecule has 182 valence electrons. The fourth-order valence-corrected chi connectivity index (χ4v) is 4.34. The van der Waals surface area contributed by atoms with E-state index in [2.05, 4.69) is 77.7 Å². The minimum absolute atomic E-state index is 0.288. The van der Waals surface area contributed by atoms with E-state index >= 15 is 0 Å². The van der Waals surface area contributed by atoms with Gasteiger partial charge in [0.05, 0.1) is 0 Å². The third-order valence-electron chi connectivity index (χ3n) is 6.28. The first-order valence-corrected chi connectivity index (χ1v) is 12.2. The highest BCUT2D eigenvalue weighted by Gasteiger charge is 2.12. The number of carboxylic acids is 1. The molecule has 0 unspecified atom stereocenters. The normalized spacial score (nSPS) is 11.0. The van der Waals surface area contributed by atoms with Crippen LogP contribution in [0.1, 0.15) is 5.56 Å². The molecule has 4 heteroatoms. The van der Waals surface area contributed by atoms with Crippen LogP contribution in [0.3, 0.4) is 0 Å². The van der Waals surface area contributed by atoms with E-state index in [1.165, 1.54) is 6.08 Å². The smallest absolute Gasteiger partial charge is 0.346 e. The number of rotatable bonds is 7. The van der Waals surface area contributed by atoms with Crippen LogP contribution in [-0.4, -0.2) is 11.1 Å². The van der Waals surface area contributed by atoms with Crippen LogP contribution in [0, 0.1) is 11.3 Å². The Hall–Kier alpha value is -5.40. The summed E-state index contributed by atoms with van der Waals surface area (Å²) in [5.41, 5.74) is 7.98. The van der Waals surface area contributed by atoms with E-state index < -0.39 is 5.97 Å². The van der Waals surface area contributed by atoms with Gasteiger partial charge in [0.1, 0.15) is 11.6 Å². The van der Waals surface area contributed by atoms with Gasteiger partial charge in [-0.05, 0) is 70.3 Å². The van der Waals surface area contributed by atoms with Crippen LogP contribution in [0.25, 0.3) is 28.3 Å². The third kappa shape index (κ3) is 5.38. The van der Waals surface area contributed by atoms with Crippen LogP contribution in [0.5, 0.6) is 0 Å². The fraction of sp³-hybridized carbons (Fsp3) is 0. The Morgan fingerprint density at radius 2 is 0.947 bits per heavy atom. The van der Waals surface area contributed by atoms with Crippen molar-refractivity contribution in [3.05, 3.63) is 145 Å². The van der Waals surface area contributed by atoms with Gasteiger partial charge < -0.3 is 10.0 Å². The predicted octanol–water partition coefficient (Wildman–Crippen LogP) is 8.48. The van der Waals surface area contributed by atoms with Crippen molar-refractivity contribution in [2.24, 2.45) is 0 Å². The predicted molar refractivity (Wildman–Crippen MR) is 153 cm³/mol. The Balaban J connectivity index is 1.37. The van der Waals surface area contributed by atoms with Gasteiger partial charge in [-0.3, -0.25) is 0 Å². The van der Waals surface area contributed by atoms with Crippen molar-refractivity contribution in [3.63, 3.8) is 0 Å². The number of aliphatic carboxylic acids is 1. The minimum atomic E-state index is -1.23. The summed E-state index contributed by atoms with van der Waals surface area (Å²) in [6.45, 7) is 0. The highest BCUT2D eigenvalue weighted by atomic mass is 16.4. The van der Waals surface area contributed by atoms with Crippen molar-refractivity contribution in [2.75, 3.05) is 4.90 Å². The maximum atomic E-state index is 11.1. The van der Waals surface area contributed by atoms with Gasteiger partial charge in [-0.1, -0.05) is 97.1 Å². The molecule has 38 heavy (non-hydrogen) atoms. The number of anilines is 3. The Morgan fingerprint density at radius 3 is 1.34 bits per heavy atom. The zero-order valence-corrected chi connectivity index (χ0v) is 20.5. The number of hydrogen-bond donors (Lipinski definition) is 1. The van der Waals surface area contributed by atoms with E-state index in [9.17, 15) is 4.79 Å². The summed E-state index contributed by atoms with van der Waals surface area (Å²) in [5, 5.41) is 18.0. The number of carboxylic acid groups (broad SMARTS) is 1. The van der Waals surface area contributed by atoms with Crippen molar-refractivity contribution >= 4 is 29.1 Å². The second-order valence-electron chi connectivity index (χ2n) is 8.73. The molecule has 0 atom stereocenters. The lowest BCUT2D eigenvalue weighted by Gasteiger charge is -2.25. The van der Waals surface area contributed by atoms with E-state index in [-0.39, 0.29) is 5.57 Å². The summed E-state index contributed by atoms with van der Waals surface area (Å²) in [7, 11) is 0. The largest absolute Gasteiger partial charge is 0.477 e. The lowest BCUT2D eigenvalue weighted by atomic mass is 9.99. The SMILES string of the molecule is N#CC(=Cc1ccc(-c2ccc(-c3ccc(N(c4ccccc4)c4ccccc4)cc3)cc2)cc1)C(=O)O. The molecule has 4 nitrogen and oxygen atoms in total. The first kappa shape index (κ1) is 24.3. The molecule has 0 heterocycles. The zero-order chi connectivity index (χ0) is 26.3. The molecule has 0 bridgehead atoms. The van der Waals surface area contributed by atoms with Crippen LogP contribution in [0.4, 0.5) is 17.1 Å². The summed E-state index contributed by atoms with van der Waals surface area (Å²) in [5.74, 6) is -1.23. The topological polar surface area (TPSA) is 64.3 Å². The van der Waals surface area contributed by atoms with Crippen LogP contribution in [0.2, 0.25) is 0 Å². The molecule has 5 aromatic rings. The molecule has 0 saturated heterocycles. The summed E-state index contributed by atoms with van der Waals surface area (Å²) >= 11 is 0. The maximum Gasteiger partial charge on any atom is 0.346 e. The molecule has 0 saturated carbocycles. The molecular weight excluding hydrogens is 468 g/mol. The number of para-hydroxylation sites is 2. The van der Waals surface area contributed by atoms with Gasteiger partial charge in [0, 0.05) is 17.1 Å². The fourth-order valence-electron chi connectivity index (χ4n) is 4.34. The maximum absolute atomic E-state index is 11.1. The van der Waals surface area contributed by atoms with E-state index in [0.717, 1.165) is 39.3 Å². The number of hydrogen-bond acceptors (Lipinski definition) is 3. The summed E-state index contributed by atoms with van der Waals surface area (Å²) in [4.78, 5) is 13.3. The average Bonchev–Trinajstić information content (AvgIpc) is 2.98. The van der Waals surface area contributed by atoms with Gasteiger partial charge in [0.15, 0.2) is 0 Å². The van der Waals surface area contributed by atoms with Crippen molar-refractivity contribution in [3.8, 4) is 28.3 Å². The highest BCUT2D eigenvalue weighted by Crippen LogP contribution is 2.35. The van der Waals surface area contributed by atoms with Crippen LogP contribution in [0.15, 0.2) is 139 Å². The van der Waals surface area contributed by atoms with Crippen LogP contribution < -0.4 is 4.90 Å². The number of nitrogens with zero attached hydrogens (tertiary/aromatic N) is 2. The highest BCUT2D eigenvalue weighted by molar-refractivity contribution is 5.96. The van der Waals surface area contributed by atoms with Crippen molar-refractivity contribution in [2.45, 2.75) is 0 Å². The van der Waals surface area contributed by atoms with E-state index in [4.69, 9.17) is 10.4 Å². The van der Waals surface area contributed by atoms with Gasteiger partial charge >= 0.3 is 5.97 Å². The monoisotopic (exact) mass is 492 g/mol. The standard InChI is InChI=1S/C34H24N2O2/c35-24-30(34(37)38)23-25-11-13-26(14-12-25)27-15-17-28(18-16-27)29-19-21-33(22-20-29)36(31-7-3-1-4-8-31)32-9-5-2-6-10-32/h1-23H,(H,37,38). The molecule has 0 amide bonds. The Kier molecular flexibility index (Phi) is 7.11. The van der Waals surface area contributed by atoms with E-state index in [0.29, 0.717) is 5.56 Å². The molecule has 0 fully saturated rings. The van der Waals surface area contributed by atoms with E-state index in [1.807, 2.05) is 60.7 Å². The van der Waals surface area contributed by atoms with Crippen molar-refractivity contribution in [1.29, 1.82) is 5.26 Å². The summed E-state index contributed by atoms with van der Waals surface area (Å²) in [6, 6.07) is 46.8. The van der Waals surface area contributed by atoms with Crippen molar-refractivity contribution < 1.29 is 9.90 Å². The molecule has 0 radical (unpaired) electrons. The van der Waals surface area contributed by atoms with Gasteiger partial charge in [-0.25, -0.2) is 4.79 Å².